The summed E-state index contributed by atoms with van der Waals surface area (Å²) in [7, 11) is 0. The minimum absolute atomic E-state index is 0.300. The maximum absolute atomic E-state index is 13.7. The molecular formula is C17H28F2N+. The van der Waals surface area contributed by atoms with Crippen molar-refractivity contribution in [2.45, 2.75) is 58.8 Å². The highest BCUT2D eigenvalue weighted by molar-refractivity contribution is 5.31. The van der Waals surface area contributed by atoms with Crippen molar-refractivity contribution in [2.24, 2.45) is 0 Å². The van der Waals surface area contributed by atoms with Crippen molar-refractivity contribution >= 4 is 5.69 Å². The van der Waals surface area contributed by atoms with Crippen LogP contribution >= 0.6 is 0 Å². The van der Waals surface area contributed by atoms with Crippen LogP contribution in [-0.4, -0.2) is 13.1 Å². The number of hydrogen-bond donors (Lipinski definition) is 1. The van der Waals surface area contributed by atoms with Crippen molar-refractivity contribution in [1.29, 1.82) is 0 Å². The second-order valence-electron chi connectivity index (χ2n) is 5.45. The molecule has 1 rings (SSSR count). The first-order chi connectivity index (χ1) is 9.69. The molecule has 1 aromatic carbocycles. The van der Waals surface area contributed by atoms with Crippen LogP contribution in [-0.2, 0) is 0 Å². The highest BCUT2D eigenvalue weighted by Gasteiger charge is 2.15. The maximum Gasteiger partial charge on any atom is 0.183 e. The van der Waals surface area contributed by atoms with Gasteiger partial charge in [0.2, 0.25) is 0 Å². The predicted molar refractivity (Wildman–Crippen MR) is 80.4 cm³/mol. The number of halogens is 2. The third-order valence-corrected chi connectivity index (χ3v) is 3.82. The summed E-state index contributed by atoms with van der Waals surface area (Å²) in [6, 6.07) is 3.74. The van der Waals surface area contributed by atoms with E-state index in [4.69, 9.17) is 0 Å². The fraction of sp³-hybridized carbons (Fsp3) is 0.647. The molecule has 0 aromatic heterocycles. The van der Waals surface area contributed by atoms with Crippen LogP contribution in [0.3, 0.4) is 0 Å². The monoisotopic (exact) mass is 284 g/mol. The summed E-state index contributed by atoms with van der Waals surface area (Å²) in [5.41, 5.74) is 0.471. The second-order valence-corrected chi connectivity index (χ2v) is 5.45. The molecule has 0 fully saturated rings. The summed E-state index contributed by atoms with van der Waals surface area (Å²) < 4.78 is 27.0. The molecule has 0 aliphatic rings. The number of nitrogens with one attached hydrogen (secondary N) is 1. The van der Waals surface area contributed by atoms with Gasteiger partial charge in [0.1, 0.15) is 5.82 Å². The molecule has 3 heteroatoms. The number of hydrogen-bond acceptors (Lipinski definition) is 0. The topological polar surface area (TPSA) is 4.44 Å². The van der Waals surface area contributed by atoms with Crippen molar-refractivity contribution in [3.8, 4) is 0 Å². The zero-order valence-electron chi connectivity index (χ0n) is 12.9. The summed E-state index contributed by atoms with van der Waals surface area (Å²) in [6.07, 6.45) is 8.72. The van der Waals surface area contributed by atoms with Gasteiger partial charge in [-0.05, 0) is 31.9 Å². The average Bonchev–Trinajstić information content (AvgIpc) is 2.45. The maximum atomic E-state index is 13.7. The van der Waals surface area contributed by atoms with E-state index in [2.05, 4.69) is 6.92 Å². The zero-order chi connectivity index (χ0) is 14.8. The van der Waals surface area contributed by atoms with Crippen molar-refractivity contribution in [1.82, 2.24) is 0 Å². The summed E-state index contributed by atoms with van der Waals surface area (Å²) in [6.45, 7) is 5.90. The molecule has 0 spiro atoms. The van der Waals surface area contributed by atoms with Crippen molar-refractivity contribution in [2.75, 3.05) is 13.1 Å². The van der Waals surface area contributed by atoms with Gasteiger partial charge in [0.25, 0.3) is 0 Å². The Morgan fingerprint density at radius 3 is 2.20 bits per heavy atom. The smallest absolute Gasteiger partial charge is 0.183 e. The SMILES string of the molecule is CCCCCCCCC[NH+](CC)c1cc(F)ccc1F. The lowest BCUT2D eigenvalue weighted by Crippen LogP contribution is -3.07. The molecule has 0 aliphatic carbocycles. The summed E-state index contributed by atoms with van der Waals surface area (Å²) in [5, 5.41) is 0. The van der Waals surface area contributed by atoms with Crippen molar-refractivity contribution in [3.63, 3.8) is 0 Å². The first-order valence-corrected chi connectivity index (χ1v) is 7.99. The average molecular weight is 284 g/mol. The number of unbranched alkanes of at least 4 members (excludes halogenated alkanes) is 6. The molecule has 0 heterocycles. The van der Waals surface area contributed by atoms with Crippen LogP contribution in [0.1, 0.15) is 58.8 Å². The van der Waals surface area contributed by atoms with Crippen LogP contribution in [0.4, 0.5) is 14.5 Å². The van der Waals surface area contributed by atoms with Gasteiger partial charge in [0, 0.05) is 6.07 Å². The van der Waals surface area contributed by atoms with Crippen LogP contribution in [0, 0.1) is 11.6 Å². The molecular weight excluding hydrogens is 256 g/mol. The molecule has 0 saturated carbocycles. The van der Waals surface area contributed by atoms with Crippen LogP contribution in [0.5, 0.6) is 0 Å². The molecule has 20 heavy (non-hydrogen) atoms. The minimum atomic E-state index is -0.355. The Bertz CT molecular complexity index is 379. The molecule has 114 valence electrons. The lowest BCUT2D eigenvalue weighted by molar-refractivity contribution is -0.832. The largest absolute Gasteiger partial charge is 0.300 e. The Hall–Kier alpha value is -0.960. The number of rotatable bonds is 10. The Labute approximate surface area is 122 Å². The Kier molecular flexibility index (Phi) is 8.43. The first kappa shape index (κ1) is 17.1. The van der Waals surface area contributed by atoms with E-state index < -0.39 is 0 Å². The van der Waals surface area contributed by atoms with Crippen LogP contribution < -0.4 is 4.90 Å². The molecule has 1 nitrogen and oxygen atoms in total. The van der Waals surface area contributed by atoms with E-state index >= 15 is 0 Å². The highest BCUT2D eigenvalue weighted by atomic mass is 19.1. The molecule has 0 aliphatic heterocycles. The van der Waals surface area contributed by atoms with Gasteiger partial charge >= 0.3 is 0 Å². The molecule has 0 bridgehead atoms. The second kappa shape index (κ2) is 9.87. The summed E-state index contributed by atoms with van der Waals surface area (Å²) >= 11 is 0. The van der Waals surface area contributed by atoms with Gasteiger partial charge in [-0.15, -0.1) is 0 Å². The Morgan fingerprint density at radius 1 is 0.900 bits per heavy atom. The minimum Gasteiger partial charge on any atom is -0.300 e. The third kappa shape index (κ3) is 6.00. The molecule has 1 unspecified atom stereocenters. The molecule has 1 N–H and O–H groups in total. The third-order valence-electron chi connectivity index (χ3n) is 3.82. The standard InChI is InChI=1S/C17H27F2N/c1-3-5-6-7-8-9-10-13-20(4-2)17-14-15(18)11-12-16(17)19/h11-12,14H,3-10,13H2,1-2H3/p+1. The molecule has 1 aromatic rings. The number of benzene rings is 1. The quantitative estimate of drug-likeness (QED) is 0.613. The van der Waals surface area contributed by atoms with E-state index in [1.54, 1.807) is 0 Å². The molecule has 0 radical (unpaired) electrons. The van der Waals surface area contributed by atoms with Crippen LogP contribution in [0.2, 0.25) is 0 Å². The van der Waals surface area contributed by atoms with Crippen LogP contribution in [0.15, 0.2) is 18.2 Å². The van der Waals surface area contributed by atoms with E-state index in [-0.39, 0.29) is 11.6 Å². The van der Waals surface area contributed by atoms with Gasteiger partial charge in [-0.3, -0.25) is 0 Å². The van der Waals surface area contributed by atoms with E-state index in [0.717, 1.165) is 24.4 Å². The lowest BCUT2D eigenvalue weighted by Gasteiger charge is -2.17. The van der Waals surface area contributed by atoms with Crippen molar-refractivity contribution < 1.29 is 13.7 Å². The predicted octanol–water partition coefficient (Wildman–Crippen LogP) is 4.25. The first-order valence-electron chi connectivity index (χ1n) is 7.99. The molecule has 1 atom stereocenters. The zero-order valence-corrected chi connectivity index (χ0v) is 12.9. The van der Waals surface area contributed by atoms with E-state index in [1.807, 2.05) is 6.92 Å². The van der Waals surface area contributed by atoms with Gasteiger partial charge in [0.15, 0.2) is 11.5 Å². The highest BCUT2D eigenvalue weighted by Crippen LogP contribution is 2.11. The molecule has 0 amide bonds. The van der Waals surface area contributed by atoms with Crippen LogP contribution in [0.25, 0.3) is 0 Å². The van der Waals surface area contributed by atoms with Gasteiger partial charge in [0.05, 0.1) is 13.1 Å². The van der Waals surface area contributed by atoms with Gasteiger partial charge in [-0.25, -0.2) is 8.78 Å². The van der Waals surface area contributed by atoms with Gasteiger partial charge in [-0.2, -0.15) is 0 Å². The van der Waals surface area contributed by atoms with E-state index in [1.165, 1.54) is 56.7 Å². The van der Waals surface area contributed by atoms with Gasteiger partial charge < -0.3 is 4.90 Å². The Morgan fingerprint density at radius 2 is 1.55 bits per heavy atom. The fourth-order valence-corrected chi connectivity index (χ4v) is 2.57. The summed E-state index contributed by atoms with van der Waals surface area (Å²) in [5.74, 6) is -0.655. The van der Waals surface area contributed by atoms with Crippen molar-refractivity contribution in [3.05, 3.63) is 29.8 Å². The summed E-state index contributed by atoms with van der Waals surface area (Å²) in [4.78, 5) is 1.04. The lowest BCUT2D eigenvalue weighted by atomic mass is 10.1. The number of quaternary nitrogens is 1. The normalized spacial score (nSPS) is 12.6. The van der Waals surface area contributed by atoms with Gasteiger partial charge in [-0.1, -0.05) is 39.0 Å². The molecule has 0 saturated heterocycles. The van der Waals surface area contributed by atoms with E-state index in [0.29, 0.717) is 5.69 Å². The fourth-order valence-electron chi connectivity index (χ4n) is 2.57. The Balaban J connectivity index is 2.34. The van der Waals surface area contributed by atoms with E-state index in [9.17, 15) is 8.78 Å².